The molecular formula is C23H20ClN7O2. The number of fused-ring (bicyclic) bond motifs is 2. The van der Waals surface area contributed by atoms with Crippen LogP contribution in [0.1, 0.15) is 45.6 Å². The van der Waals surface area contributed by atoms with Gasteiger partial charge in [-0.25, -0.2) is 14.6 Å². The van der Waals surface area contributed by atoms with Crippen LogP contribution in [-0.2, 0) is 11.8 Å². The molecule has 6 rings (SSSR count). The van der Waals surface area contributed by atoms with Crippen molar-refractivity contribution in [2.24, 2.45) is 7.05 Å². The molecule has 3 aromatic heterocycles. The number of aromatic nitrogens is 6. The van der Waals surface area contributed by atoms with Crippen LogP contribution in [0, 0.1) is 6.92 Å². The molecule has 0 saturated carbocycles. The molecule has 9 nitrogen and oxygen atoms in total. The highest BCUT2D eigenvalue weighted by Gasteiger charge is 2.43. The van der Waals surface area contributed by atoms with Gasteiger partial charge in [0, 0.05) is 12.1 Å². The molecule has 166 valence electrons. The van der Waals surface area contributed by atoms with Crippen LogP contribution in [0.3, 0.4) is 0 Å². The maximum atomic E-state index is 13.7. The largest absolute Gasteiger partial charge is 0.377 e. The molecule has 5 heterocycles. The summed E-state index contributed by atoms with van der Waals surface area (Å²) in [5, 5.41) is 8.88. The number of hydrogen-bond donors (Lipinski definition) is 1. The standard InChI is InChI=1S/C23H20ClN7O2/c1-12-11-16(25-22-17(12)28-29-30(22)2)31-20(13-3-5-15(24)6-4-13)18-19(23(31)32)27-21(26-18)14-7-9-33-10-8-14/h3-7,11,20H,8-10H2,1-2H3,(H,26,27). The van der Waals surface area contributed by atoms with Crippen LogP contribution in [0.25, 0.3) is 16.7 Å². The summed E-state index contributed by atoms with van der Waals surface area (Å²) in [6, 6.07) is 8.94. The van der Waals surface area contributed by atoms with E-state index < -0.39 is 6.04 Å². The zero-order valence-electron chi connectivity index (χ0n) is 18.0. The van der Waals surface area contributed by atoms with E-state index in [4.69, 9.17) is 26.3 Å². The second-order valence-electron chi connectivity index (χ2n) is 8.21. The smallest absolute Gasteiger partial charge is 0.280 e. The molecule has 0 radical (unpaired) electrons. The normalized spacial score (nSPS) is 18.2. The number of halogens is 1. The van der Waals surface area contributed by atoms with E-state index in [1.54, 1.807) is 16.6 Å². The van der Waals surface area contributed by atoms with Gasteiger partial charge in [0.2, 0.25) is 0 Å². The van der Waals surface area contributed by atoms with Gasteiger partial charge in [0.05, 0.1) is 18.9 Å². The van der Waals surface area contributed by atoms with Gasteiger partial charge in [-0.15, -0.1) is 5.10 Å². The van der Waals surface area contributed by atoms with E-state index in [0.717, 1.165) is 28.8 Å². The first kappa shape index (κ1) is 20.1. The number of H-pyrrole nitrogens is 1. The number of carbonyl (C=O) groups is 1. The lowest BCUT2D eigenvalue weighted by Crippen LogP contribution is -2.30. The molecule has 0 fully saturated rings. The Bertz CT molecular complexity index is 1440. The molecule has 1 aromatic carbocycles. The fourth-order valence-electron chi connectivity index (χ4n) is 4.46. The Morgan fingerprint density at radius 1 is 1.21 bits per heavy atom. The Morgan fingerprint density at radius 3 is 2.79 bits per heavy atom. The van der Waals surface area contributed by atoms with Crippen LogP contribution < -0.4 is 4.90 Å². The van der Waals surface area contributed by atoms with Gasteiger partial charge in [-0.2, -0.15) is 0 Å². The first-order chi connectivity index (χ1) is 16.0. The molecule has 0 aliphatic carbocycles. The SMILES string of the molecule is Cc1cc(N2C(=O)c3nc(C4=CCOCC4)[nH]c3C2c2ccc(Cl)cc2)nc2c1nnn2C. The zero-order chi connectivity index (χ0) is 22.7. The lowest BCUT2D eigenvalue weighted by atomic mass is 10.0. The highest BCUT2D eigenvalue weighted by Crippen LogP contribution is 2.41. The summed E-state index contributed by atoms with van der Waals surface area (Å²) in [5.74, 6) is 1.03. The Kier molecular flexibility index (Phi) is 4.56. The molecule has 0 bridgehead atoms. The number of carbonyl (C=O) groups excluding carboxylic acids is 1. The molecule has 2 aliphatic heterocycles. The van der Waals surface area contributed by atoms with Crippen LogP contribution in [0.5, 0.6) is 0 Å². The van der Waals surface area contributed by atoms with Gasteiger partial charge in [0.1, 0.15) is 23.2 Å². The fraction of sp³-hybridized carbons (Fsp3) is 0.261. The second kappa shape index (κ2) is 7.50. The van der Waals surface area contributed by atoms with Crippen molar-refractivity contribution >= 4 is 40.1 Å². The Hall–Kier alpha value is -3.56. The average Bonchev–Trinajstić information content (AvgIpc) is 3.49. The van der Waals surface area contributed by atoms with Crippen molar-refractivity contribution in [3.05, 3.63) is 69.8 Å². The van der Waals surface area contributed by atoms with Crippen LogP contribution in [0.15, 0.2) is 36.4 Å². The maximum Gasteiger partial charge on any atom is 0.280 e. The number of benzene rings is 1. The van der Waals surface area contributed by atoms with Crippen molar-refractivity contribution in [2.75, 3.05) is 18.1 Å². The molecule has 10 heteroatoms. The van der Waals surface area contributed by atoms with Crippen LogP contribution in [0.2, 0.25) is 5.02 Å². The molecule has 1 atom stereocenters. The van der Waals surface area contributed by atoms with E-state index in [0.29, 0.717) is 46.7 Å². The molecule has 2 aliphatic rings. The van der Waals surface area contributed by atoms with Crippen molar-refractivity contribution in [1.82, 2.24) is 29.9 Å². The Labute approximate surface area is 194 Å². The summed E-state index contributed by atoms with van der Waals surface area (Å²) in [4.78, 5) is 28.3. The van der Waals surface area contributed by atoms with E-state index in [1.165, 1.54) is 0 Å². The maximum absolute atomic E-state index is 13.7. The highest BCUT2D eigenvalue weighted by molar-refractivity contribution is 6.30. The number of pyridine rings is 1. The Morgan fingerprint density at radius 2 is 2.03 bits per heavy atom. The average molecular weight is 462 g/mol. The lowest BCUT2D eigenvalue weighted by Gasteiger charge is -2.25. The van der Waals surface area contributed by atoms with Crippen LogP contribution in [-0.4, -0.2) is 49.1 Å². The van der Waals surface area contributed by atoms with Gasteiger partial charge in [-0.05, 0) is 48.2 Å². The predicted molar refractivity (Wildman–Crippen MR) is 123 cm³/mol. The van der Waals surface area contributed by atoms with Gasteiger partial charge in [0.25, 0.3) is 5.91 Å². The van der Waals surface area contributed by atoms with Crippen molar-refractivity contribution in [2.45, 2.75) is 19.4 Å². The minimum atomic E-state index is -0.419. The first-order valence-electron chi connectivity index (χ1n) is 10.6. The van der Waals surface area contributed by atoms with Crippen LogP contribution >= 0.6 is 11.6 Å². The number of ether oxygens (including phenoxy) is 1. The molecule has 0 spiro atoms. The molecule has 1 amide bonds. The number of rotatable bonds is 3. The first-order valence-corrected chi connectivity index (χ1v) is 11.0. The van der Waals surface area contributed by atoms with E-state index in [-0.39, 0.29) is 5.91 Å². The molecule has 33 heavy (non-hydrogen) atoms. The molecular weight excluding hydrogens is 442 g/mol. The number of nitrogens with zero attached hydrogens (tertiary/aromatic N) is 6. The van der Waals surface area contributed by atoms with Crippen molar-refractivity contribution in [1.29, 1.82) is 0 Å². The second-order valence-corrected chi connectivity index (χ2v) is 8.65. The highest BCUT2D eigenvalue weighted by atomic mass is 35.5. The molecule has 0 saturated heterocycles. The number of aromatic amines is 1. The van der Waals surface area contributed by atoms with E-state index in [1.807, 2.05) is 43.3 Å². The predicted octanol–water partition coefficient (Wildman–Crippen LogP) is 3.60. The third-order valence-corrected chi connectivity index (χ3v) is 6.37. The number of nitrogens with one attached hydrogen (secondary N) is 1. The minimum absolute atomic E-state index is 0.207. The summed E-state index contributed by atoms with van der Waals surface area (Å²) in [6.45, 7) is 3.12. The number of amides is 1. The van der Waals surface area contributed by atoms with E-state index >= 15 is 0 Å². The van der Waals surface area contributed by atoms with Crippen molar-refractivity contribution in [3.8, 4) is 0 Å². The Balaban J connectivity index is 1.52. The van der Waals surface area contributed by atoms with Gasteiger partial charge >= 0.3 is 0 Å². The third kappa shape index (κ3) is 3.15. The van der Waals surface area contributed by atoms with Gasteiger partial charge < -0.3 is 9.72 Å². The zero-order valence-corrected chi connectivity index (χ0v) is 18.8. The van der Waals surface area contributed by atoms with E-state index in [9.17, 15) is 4.79 Å². The third-order valence-electron chi connectivity index (χ3n) is 6.12. The summed E-state index contributed by atoms with van der Waals surface area (Å²) in [6.07, 6.45) is 2.76. The summed E-state index contributed by atoms with van der Waals surface area (Å²) >= 11 is 6.15. The van der Waals surface area contributed by atoms with Crippen molar-refractivity contribution in [3.63, 3.8) is 0 Å². The topological polar surface area (TPSA) is 102 Å². The van der Waals surface area contributed by atoms with Gasteiger partial charge in [0.15, 0.2) is 11.3 Å². The number of imidazole rings is 1. The summed E-state index contributed by atoms with van der Waals surface area (Å²) < 4.78 is 7.03. The summed E-state index contributed by atoms with van der Waals surface area (Å²) in [5.41, 5.74) is 5.33. The van der Waals surface area contributed by atoms with E-state index in [2.05, 4.69) is 15.3 Å². The summed E-state index contributed by atoms with van der Waals surface area (Å²) in [7, 11) is 1.78. The number of hydrogen-bond acceptors (Lipinski definition) is 6. The monoisotopic (exact) mass is 461 g/mol. The number of aryl methyl sites for hydroxylation is 2. The molecule has 1 unspecified atom stereocenters. The van der Waals surface area contributed by atoms with Crippen molar-refractivity contribution < 1.29 is 9.53 Å². The van der Waals surface area contributed by atoms with Gasteiger partial charge in [-0.1, -0.05) is 35.0 Å². The molecule has 4 aromatic rings. The minimum Gasteiger partial charge on any atom is -0.377 e. The lowest BCUT2D eigenvalue weighted by molar-refractivity contribution is 0.0988. The van der Waals surface area contributed by atoms with Crippen LogP contribution in [0.4, 0.5) is 5.82 Å². The van der Waals surface area contributed by atoms with Gasteiger partial charge in [-0.3, -0.25) is 9.69 Å². The fourth-order valence-corrected chi connectivity index (χ4v) is 4.58. The number of anilines is 1. The molecule has 1 N–H and O–H groups in total. The quantitative estimate of drug-likeness (QED) is 0.500.